The quantitative estimate of drug-likeness (QED) is 0.355. The minimum absolute atomic E-state index is 0.205. The number of aryl methyl sites for hydroxylation is 1. The predicted molar refractivity (Wildman–Crippen MR) is 110 cm³/mol. The van der Waals surface area contributed by atoms with Crippen molar-refractivity contribution in [3.8, 4) is 16.9 Å². The van der Waals surface area contributed by atoms with E-state index in [1.54, 1.807) is 25.3 Å². The Bertz CT molecular complexity index is 959. The molecular weight excluding hydrogens is 393 g/mol. The summed E-state index contributed by atoms with van der Waals surface area (Å²) in [6, 6.07) is 15.6. The van der Waals surface area contributed by atoms with Gasteiger partial charge in [-0.1, -0.05) is 29.8 Å². The summed E-state index contributed by atoms with van der Waals surface area (Å²) in [6.07, 6.45) is 2.60. The lowest BCUT2D eigenvalue weighted by molar-refractivity contribution is -0.143. The first-order valence-electron chi connectivity index (χ1n) is 9.33. The van der Waals surface area contributed by atoms with Crippen LogP contribution in [0.25, 0.3) is 11.1 Å². The van der Waals surface area contributed by atoms with Gasteiger partial charge < -0.3 is 9.47 Å². The Balaban J connectivity index is 1.66. The highest BCUT2D eigenvalue weighted by Gasteiger charge is 2.09. The second kappa shape index (κ2) is 10.0. The summed E-state index contributed by atoms with van der Waals surface area (Å²) in [5.74, 6) is 0.126. The van der Waals surface area contributed by atoms with E-state index < -0.39 is 0 Å². The van der Waals surface area contributed by atoms with Crippen LogP contribution in [0.1, 0.15) is 24.5 Å². The van der Waals surface area contributed by atoms with Gasteiger partial charge in [-0.3, -0.25) is 4.79 Å². The lowest BCUT2D eigenvalue weighted by atomic mass is 10.0. The highest BCUT2D eigenvalue weighted by Crippen LogP contribution is 2.26. The van der Waals surface area contributed by atoms with Crippen molar-refractivity contribution in [3.05, 3.63) is 82.9 Å². The molecule has 0 atom stereocenters. The number of esters is 1. The van der Waals surface area contributed by atoms with Crippen LogP contribution in [0, 0.1) is 5.82 Å². The molecule has 6 heteroatoms. The molecule has 3 aromatic rings. The lowest BCUT2D eigenvalue weighted by Crippen LogP contribution is -2.05. The largest absolute Gasteiger partial charge is 0.489 e. The van der Waals surface area contributed by atoms with Gasteiger partial charge in [0.2, 0.25) is 0 Å². The third-order valence-corrected chi connectivity index (χ3v) is 4.57. The van der Waals surface area contributed by atoms with E-state index in [9.17, 15) is 9.18 Å². The van der Waals surface area contributed by atoms with Crippen LogP contribution >= 0.6 is 11.6 Å². The molecular formula is C23H21ClFNO3. The summed E-state index contributed by atoms with van der Waals surface area (Å²) >= 11 is 5.85. The van der Waals surface area contributed by atoms with E-state index in [2.05, 4.69) is 4.98 Å². The van der Waals surface area contributed by atoms with Gasteiger partial charge in [-0.2, -0.15) is 0 Å². The van der Waals surface area contributed by atoms with Gasteiger partial charge in [0.15, 0.2) is 0 Å². The van der Waals surface area contributed by atoms with Gasteiger partial charge >= 0.3 is 5.97 Å². The van der Waals surface area contributed by atoms with Crippen LogP contribution < -0.4 is 4.74 Å². The van der Waals surface area contributed by atoms with Gasteiger partial charge in [-0.05, 0) is 60.9 Å². The highest BCUT2D eigenvalue weighted by atomic mass is 35.5. The number of hydrogen-bond donors (Lipinski definition) is 0. The average molecular weight is 414 g/mol. The van der Waals surface area contributed by atoms with Crippen LogP contribution in [0.15, 0.2) is 60.8 Å². The maximum absolute atomic E-state index is 13.8. The normalized spacial score (nSPS) is 10.6. The molecule has 0 aliphatic carbocycles. The van der Waals surface area contributed by atoms with Gasteiger partial charge in [0, 0.05) is 23.7 Å². The SMILES string of the molecule is CCOC(=O)CCc1ccc(OCc2cc(F)ccc2-c2ccc(Cl)nc2)cc1. The summed E-state index contributed by atoms with van der Waals surface area (Å²) in [7, 11) is 0. The topological polar surface area (TPSA) is 48.4 Å². The predicted octanol–water partition coefficient (Wildman–Crippen LogP) is 5.62. The summed E-state index contributed by atoms with van der Waals surface area (Å²) < 4.78 is 24.6. The van der Waals surface area contributed by atoms with Crippen LogP contribution in [0.4, 0.5) is 4.39 Å². The first-order chi connectivity index (χ1) is 14.0. The molecule has 0 radical (unpaired) electrons. The fourth-order valence-corrected chi connectivity index (χ4v) is 3.00. The minimum Gasteiger partial charge on any atom is -0.489 e. The van der Waals surface area contributed by atoms with Gasteiger partial charge in [-0.15, -0.1) is 0 Å². The maximum atomic E-state index is 13.8. The van der Waals surface area contributed by atoms with E-state index in [1.807, 2.05) is 30.3 Å². The molecule has 0 fully saturated rings. The molecule has 150 valence electrons. The number of hydrogen-bond acceptors (Lipinski definition) is 4. The van der Waals surface area contributed by atoms with Crippen LogP contribution in [0.2, 0.25) is 5.15 Å². The highest BCUT2D eigenvalue weighted by molar-refractivity contribution is 6.29. The molecule has 0 spiro atoms. The zero-order chi connectivity index (χ0) is 20.6. The van der Waals surface area contributed by atoms with Gasteiger partial charge in [0.25, 0.3) is 0 Å². The van der Waals surface area contributed by atoms with Gasteiger partial charge in [0.1, 0.15) is 23.3 Å². The zero-order valence-corrected chi connectivity index (χ0v) is 16.8. The molecule has 1 heterocycles. The van der Waals surface area contributed by atoms with E-state index in [0.29, 0.717) is 35.9 Å². The Kier molecular flexibility index (Phi) is 7.19. The summed E-state index contributed by atoms with van der Waals surface area (Å²) in [5.41, 5.74) is 3.40. The van der Waals surface area contributed by atoms with Crippen molar-refractivity contribution in [1.29, 1.82) is 0 Å². The number of benzene rings is 2. The van der Waals surface area contributed by atoms with Crippen molar-refractivity contribution in [2.75, 3.05) is 6.61 Å². The monoisotopic (exact) mass is 413 g/mol. The van der Waals surface area contributed by atoms with E-state index in [-0.39, 0.29) is 18.4 Å². The number of pyridine rings is 1. The molecule has 0 aliphatic rings. The number of nitrogens with zero attached hydrogens (tertiary/aromatic N) is 1. The molecule has 0 unspecified atom stereocenters. The summed E-state index contributed by atoms with van der Waals surface area (Å²) in [5, 5.41) is 0.400. The number of ether oxygens (including phenoxy) is 2. The molecule has 1 aromatic heterocycles. The van der Waals surface area contributed by atoms with Crippen LogP contribution in [-0.2, 0) is 22.6 Å². The molecule has 0 bridgehead atoms. The van der Waals surface area contributed by atoms with Crippen molar-refractivity contribution >= 4 is 17.6 Å². The molecule has 2 aromatic carbocycles. The Labute approximate surface area is 174 Å². The maximum Gasteiger partial charge on any atom is 0.306 e. The fourth-order valence-electron chi connectivity index (χ4n) is 2.89. The van der Waals surface area contributed by atoms with Crippen molar-refractivity contribution in [2.45, 2.75) is 26.4 Å². The summed E-state index contributed by atoms with van der Waals surface area (Å²) in [6.45, 7) is 2.38. The van der Waals surface area contributed by atoms with Gasteiger partial charge in [-0.25, -0.2) is 9.37 Å². The molecule has 0 amide bonds. The smallest absolute Gasteiger partial charge is 0.306 e. The van der Waals surface area contributed by atoms with E-state index >= 15 is 0 Å². The molecule has 0 N–H and O–H groups in total. The molecule has 4 nitrogen and oxygen atoms in total. The third-order valence-electron chi connectivity index (χ3n) is 4.35. The Morgan fingerprint density at radius 3 is 2.59 bits per heavy atom. The number of carbonyl (C=O) groups is 1. The van der Waals surface area contributed by atoms with Crippen LogP contribution in [-0.4, -0.2) is 17.6 Å². The fraction of sp³-hybridized carbons (Fsp3) is 0.217. The Hall–Kier alpha value is -2.92. The standard InChI is InChI=1S/C23H21ClFNO3/c1-2-28-23(27)12-5-16-3-8-20(9-4-16)29-15-18-13-19(25)7-10-21(18)17-6-11-22(24)26-14-17/h3-4,6-11,13-14H,2,5,12,15H2,1H3. The first kappa shape index (κ1) is 20.8. The molecule has 29 heavy (non-hydrogen) atoms. The lowest BCUT2D eigenvalue weighted by Gasteiger charge is -2.12. The average Bonchev–Trinajstić information content (AvgIpc) is 2.73. The second-order valence-electron chi connectivity index (χ2n) is 6.41. The second-order valence-corrected chi connectivity index (χ2v) is 6.80. The number of aromatic nitrogens is 1. The van der Waals surface area contributed by atoms with E-state index in [0.717, 1.165) is 16.7 Å². The van der Waals surface area contributed by atoms with Crippen LogP contribution in [0.5, 0.6) is 5.75 Å². The minimum atomic E-state index is -0.330. The third kappa shape index (κ3) is 6.03. The van der Waals surface area contributed by atoms with Crippen molar-refractivity contribution in [2.24, 2.45) is 0 Å². The number of carbonyl (C=O) groups excluding carboxylic acids is 1. The van der Waals surface area contributed by atoms with Crippen LogP contribution in [0.3, 0.4) is 0 Å². The molecule has 0 aliphatic heterocycles. The Morgan fingerprint density at radius 2 is 1.90 bits per heavy atom. The number of rotatable bonds is 8. The van der Waals surface area contributed by atoms with Crippen molar-refractivity contribution in [3.63, 3.8) is 0 Å². The van der Waals surface area contributed by atoms with E-state index in [4.69, 9.17) is 21.1 Å². The van der Waals surface area contributed by atoms with Gasteiger partial charge in [0.05, 0.1) is 6.61 Å². The van der Waals surface area contributed by atoms with Crippen molar-refractivity contribution < 1.29 is 18.7 Å². The Morgan fingerprint density at radius 1 is 1.10 bits per heavy atom. The first-order valence-corrected chi connectivity index (χ1v) is 9.70. The van der Waals surface area contributed by atoms with E-state index in [1.165, 1.54) is 12.1 Å². The summed E-state index contributed by atoms with van der Waals surface area (Å²) in [4.78, 5) is 15.5. The molecule has 3 rings (SSSR count). The molecule has 0 saturated heterocycles. The number of halogens is 2. The molecule has 0 saturated carbocycles. The zero-order valence-electron chi connectivity index (χ0n) is 16.0. The van der Waals surface area contributed by atoms with Crippen molar-refractivity contribution in [1.82, 2.24) is 4.98 Å².